The highest BCUT2D eigenvalue weighted by Gasteiger charge is 2.28. The van der Waals surface area contributed by atoms with E-state index in [2.05, 4.69) is 5.32 Å². The molecule has 9 heteroatoms. The lowest BCUT2D eigenvalue weighted by Crippen LogP contribution is -2.40. The molecule has 0 saturated heterocycles. The molecule has 0 atom stereocenters. The van der Waals surface area contributed by atoms with Gasteiger partial charge in [0.05, 0.1) is 31.4 Å². The Labute approximate surface area is 206 Å². The Morgan fingerprint density at radius 2 is 1.66 bits per heavy atom. The number of anilines is 1. The Hall–Kier alpha value is -3.72. The van der Waals surface area contributed by atoms with Crippen LogP contribution >= 0.6 is 0 Å². The van der Waals surface area contributed by atoms with E-state index in [-0.39, 0.29) is 17.2 Å². The number of aryl methyl sites for hydroxylation is 1. The van der Waals surface area contributed by atoms with Gasteiger partial charge in [0.1, 0.15) is 12.3 Å². The first kappa shape index (κ1) is 25.9. The predicted molar refractivity (Wildman–Crippen MR) is 135 cm³/mol. The van der Waals surface area contributed by atoms with Crippen molar-refractivity contribution in [2.24, 2.45) is 0 Å². The summed E-state index contributed by atoms with van der Waals surface area (Å²) in [6, 6.07) is 18.6. The summed E-state index contributed by atoms with van der Waals surface area (Å²) in [5.74, 6) is 0.826. The average Bonchev–Trinajstić information content (AvgIpc) is 2.86. The molecule has 0 radical (unpaired) electrons. The number of sulfonamides is 1. The first-order valence-electron chi connectivity index (χ1n) is 11.1. The normalized spacial score (nSPS) is 11.0. The first-order valence-corrected chi connectivity index (χ1v) is 12.5. The summed E-state index contributed by atoms with van der Waals surface area (Å²) in [7, 11) is -1.23. The lowest BCUT2D eigenvalue weighted by Gasteiger charge is -2.25. The van der Waals surface area contributed by atoms with Gasteiger partial charge < -0.3 is 19.5 Å². The Bertz CT molecular complexity index is 1260. The van der Waals surface area contributed by atoms with Gasteiger partial charge in [0, 0.05) is 12.6 Å². The number of methoxy groups -OCH3 is 2. The Morgan fingerprint density at radius 1 is 0.943 bits per heavy atom. The summed E-state index contributed by atoms with van der Waals surface area (Å²) in [6.07, 6.45) is 0. The molecule has 0 aromatic heterocycles. The van der Waals surface area contributed by atoms with E-state index in [0.29, 0.717) is 23.8 Å². The number of hydrogen-bond donors (Lipinski definition) is 1. The number of rotatable bonds is 11. The molecular formula is C26H30N2O6S. The molecule has 0 aliphatic rings. The lowest BCUT2D eigenvalue weighted by molar-refractivity contribution is -0.119. The van der Waals surface area contributed by atoms with Crippen molar-refractivity contribution >= 4 is 21.6 Å². The number of ether oxygens (including phenoxy) is 3. The van der Waals surface area contributed by atoms with E-state index in [1.165, 1.54) is 32.4 Å². The number of benzene rings is 3. The summed E-state index contributed by atoms with van der Waals surface area (Å²) >= 11 is 0. The standard InChI is InChI=1S/C26H30N2O6S/c1-5-34-22-11-9-21(10-12-22)28(18-26(29)27-17-20-8-6-7-19(2)15-20)35(30,31)23-13-14-24(32-3)25(16-23)33-4/h6-16H,5,17-18H2,1-4H3,(H,27,29). The van der Waals surface area contributed by atoms with Crippen LogP contribution in [0.15, 0.2) is 71.6 Å². The molecule has 0 bridgehead atoms. The van der Waals surface area contributed by atoms with Crippen molar-refractivity contribution in [2.75, 3.05) is 31.7 Å². The third kappa shape index (κ3) is 6.45. The number of amides is 1. The van der Waals surface area contributed by atoms with Gasteiger partial charge in [-0.15, -0.1) is 0 Å². The zero-order valence-corrected chi connectivity index (χ0v) is 21.1. The van der Waals surface area contributed by atoms with Crippen LogP contribution in [0.1, 0.15) is 18.1 Å². The summed E-state index contributed by atoms with van der Waals surface area (Å²) in [6.45, 7) is 4.19. The summed E-state index contributed by atoms with van der Waals surface area (Å²) in [5.41, 5.74) is 2.33. The van der Waals surface area contributed by atoms with E-state index in [9.17, 15) is 13.2 Å². The molecule has 0 saturated carbocycles. The minimum absolute atomic E-state index is 0.0319. The number of carbonyl (C=O) groups excluding carboxylic acids is 1. The number of hydrogen-bond acceptors (Lipinski definition) is 6. The third-order valence-corrected chi connectivity index (χ3v) is 7.01. The summed E-state index contributed by atoms with van der Waals surface area (Å²) < 4.78 is 44.4. The summed E-state index contributed by atoms with van der Waals surface area (Å²) in [5, 5.41) is 2.81. The second-order valence-electron chi connectivity index (χ2n) is 7.72. The van der Waals surface area contributed by atoms with Gasteiger partial charge in [-0.3, -0.25) is 9.10 Å². The second-order valence-corrected chi connectivity index (χ2v) is 9.58. The van der Waals surface area contributed by atoms with Crippen LogP contribution in [0.5, 0.6) is 17.2 Å². The largest absolute Gasteiger partial charge is 0.494 e. The molecule has 0 heterocycles. The highest BCUT2D eigenvalue weighted by molar-refractivity contribution is 7.92. The molecule has 3 aromatic carbocycles. The van der Waals surface area contributed by atoms with Gasteiger partial charge in [-0.2, -0.15) is 0 Å². The predicted octanol–water partition coefficient (Wildman–Crippen LogP) is 3.92. The third-order valence-electron chi connectivity index (χ3n) is 5.24. The van der Waals surface area contributed by atoms with Gasteiger partial charge in [-0.25, -0.2) is 8.42 Å². The fraction of sp³-hybridized carbons (Fsp3) is 0.269. The molecule has 35 heavy (non-hydrogen) atoms. The van der Waals surface area contributed by atoms with Crippen LogP contribution in [0.2, 0.25) is 0 Å². The molecule has 0 aliphatic carbocycles. The Balaban J connectivity index is 1.92. The smallest absolute Gasteiger partial charge is 0.264 e. The highest BCUT2D eigenvalue weighted by Crippen LogP contribution is 2.32. The molecule has 8 nitrogen and oxygen atoms in total. The van der Waals surface area contributed by atoms with Crippen LogP contribution < -0.4 is 23.8 Å². The molecule has 0 fully saturated rings. The van der Waals surface area contributed by atoms with Gasteiger partial charge >= 0.3 is 0 Å². The maximum Gasteiger partial charge on any atom is 0.264 e. The van der Waals surface area contributed by atoms with E-state index in [1.54, 1.807) is 24.3 Å². The Morgan fingerprint density at radius 3 is 2.29 bits per heavy atom. The van der Waals surface area contributed by atoms with Crippen LogP contribution in [0.25, 0.3) is 0 Å². The number of carbonyl (C=O) groups is 1. The lowest BCUT2D eigenvalue weighted by atomic mass is 10.1. The molecule has 3 aromatic rings. The van der Waals surface area contributed by atoms with Gasteiger partial charge in [0.2, 0.25) is 5.91 Å². The van der Waals surface area contributed by atoms with Crippen molar-refractivity contribution in [1.82, 2.24) is 5.32 Å². The molecule has 0 unspecified atom stereocenters. The molecule has 1 amide bonds. The minimum atomic E-state index is -4.13. The van der Waals surface area contributed by atoms with Crippen LogP contribution in [-0.2, 0) is 21.4 Å². The molecule has 0 aliphatic heterocycles. The zero-order valence-electron chi connectivity index (χ0n) is 20.3. The van der Waals surface area contributed by atoms with Crippen LogP contribution in [0.4, 0.5) is 5.69 Å². The highest BCUT2D eigenvalue weighted by atomic mass is 32.2. The molecule has 186 valence electrons. The van der Waals surface area contributed by atoms with Crippen molar-refractivity contribution in [3.63, 3.8) is 0 Å². The minimum Gasteiger partial charge on any atom is -0.494 e. The van der Waals surface area contributed by atoms with Crippen LogP contribution in [-0.4, -0.2) is 41.7 Å². The monoisotopic (exact) mass is 498 g/mol. The van der Waals surface area contributed by atoms with Crippen molar-refractivity contribution in [3.8, 4) is 17.2 Å². The quantitative estimate of drug-likeness (QED) is 0.431. The van der Waals surface area contributed by atoms with E-state index in [0.717, 1.165) is 15.4 Å². The van der Waals surface area contributed by atoms with Crippen molar-refractivity contribution in [1.29, 1.82) is 0 Å². The van der Waals surface area contributed by atoms with E-state index >= 15 is 0 Å². The molecule has 1 N–H and O–H groups in total. The van der Waals surface area contributed by atoms with Crippen molar-refractivity contribution in [3.05, 3.63) is 77.9 Å². The van der Waals surface area contributed by atoms with E-state index < -0.39 is 22.5 Å². The second kappa shape index (κ2) is 11.6. The maximum absolute atomic E-state index is 13.7. The van der Waals surface area contributed by atoms with Gasteiger partial charge in [-0.05, 0) is 55.8 Å². The summed E-state index contributed by atoms with van der Waals surface area (Å²) in [4.78, 5) is 12.8. The van der Waals surface area contributed by atoms with Gasteiger partial charge in [0.15, 0.2) is 11.5 Å². The molecular weight excluding hydrogens is 468 g/mol. The topological polar surface area (TPSA) is 94.2 Å². The van der Waals surface area contributed by atoms with Crippen LogP contribution in [0, 0.1) is 6.92 Å². The number of nitrogens with zero attached hydrogens (tertiary/aromatic N) is 1. The average molecular weight is 499 g/mol. The van der Waals surface area contributed by atoms with Crippen LogP contribution in [0.3, 0.4) is 0 Å². The molecule has 3 rings (SSSR count). The fourth-order valence-corrected chi connectivity index (χ4v) is 4.94. The Kier molecular flexibility index (Phi) is 8.59. The van der Waals surface area contributed by atoms with E-state index in [4.69, 9.17) is 14.2 Å². The number of nitrogens with one attached hydrogen (secondary N) is 1. The van der Waals surface area contributed by atoms with Gasteiger partial charge in [0.25, 0.3) is 10.0 Å². The zero-order chi connectivity index (χ0) is 25.4. The maximum atomic E-state index is 13.7. The van der Waals surface area contributed by atoms with Crippen molar-refractivity contribution < 1.29 is 27.4 Å². The van der Waals surface area contributed by atoms with E-state index in [1.807, 2.05) is 38.1 Å². The van der Waals surface area contributed by atoms with Crippen molar-refractivity contribution in [2.45, 2.75) is 25.3 Å². The first-order chi connectivity index (χ1) is 16.8. The molecule has 0 spiro atoms. The SMILES string of the molecule is CCOc1ccc(N(CC(=O)NCc2cccc(C)c2)S(=O)(=O)c2ccc(OC)c(OC)c2)cc1. The fourth-order valence-electron chi connectivity index (χ4n) is 3.50. The van der Waals surface area contributed by atoms with Gasteiger partial charge in [-0.1, -0.05) is 29.8 Å².